The molecule has 154 valence electrons. The second-order valence-electron chi connectivity index (χ2n) is 7.60. The number of hydrogen-bond acceptors (Lipinski definition) is 3. The van der Waals surface area contributed by atoms with Crippen LogP contribution in [-0.4, -0.2) is 34.4 Å². The minimum absolute atomic E-state index is 0.117. The number of para-hydroxylation sites is 1. The third kappa shape index (κ3) is 3.99. The monoisotopic (exact) mass is 403 g/mol. The highest BCUT2D eigenvalue weighted by molar-refractivity contribution is 6.06. The fourth-order valence-corrected chi connectivity index (χ4v) is 3.98. The molecule has 1 fully saturated rings. The number of nitrogens with zero attached hydrogens (tertiary/aromatic N) is 2. The number of aryl methyl sites for hydroxylation is 1. The molecule has 1 aliphatic heterocycles. The van der Waals surface area contributed by atoms with E-state index in [1.807, 2.05) is 42.5 Å². The molecule has 1 saturated heterocycles. The zero-order valence-electron chi connectivity index (χ0n) is 17.1. The van der Waals surface area contributed by atoms with E-state index in [-0.39, 0.29) is 23.9 Å². The number of likely N-dealkylation sites (tertiary alicyclic amines) is 1. The van der Waals surface area contributed by atoms with Crippen LogP contribution in [0.1, 0.15) is 35.7 Å². The number of rotatable bonds is 5. The van der Waals surface area contributed by atoms with Crippen molar-refractivity contribution in [2.24, 2.45) is 0 Å². The second-order valence-corrected chi connectivity index (χ2v) is 7.60. The molecule has 1 aromatic heterocycles. The molecule has 0 spiro atoms. The lowest BCUT2D eigenvalue weighted by Crippen LogP contribution is -2.32. The van der Waals surface area contributed by atoms with E-state index in [9.17, 15) is 14.4 Å². The molecule has 0 atom stereocenters. The maximum absolute atomic E-state index is 12.9. The fourth-order valence-electron chi connectivity index (χ4n) is 3.98. The van der Waals surface area contributed by atoms with E-state index in [1.54, 1.807) is 11.0 Å². The van der Waals surface area contributed by atoms with Crippen molar-refractivity contribution in [3.05, 3.63) is 76.1 Å². The molecule has 0 unspecified atom stereocenters. The van der Waals surface area contributed by atoms with Gasteiger partial charge in [0.15, 0.2) is 0 Å². The van der Waals surface area contributed by atoms with E-state index in [1.165, 1.54) is 10.6 Å². The summed E-state index contributed by atoms with van der Waals surface area (Å²) in [6, 6.07) is 16.3. The first kappa shape index (κ1) is 19.9. The lowest BCUT2D eigenvalue weighted by Gasteiger charge is -2.18. The third-order valence-electron chi connectivity index (χ3n) is 5.56. The van der Waals surface area contributed by atoms with E-state index in [0.717, 1.165) is 37.9 Å². The molecule has 2 amide bonds. The summed E-state index contributed by atoms with van der Waals surface area (Å²) in [7, 11) is 0. The van der Waals surface area contributed by atoms with Crippen molar-refractivity contribution in [3.8, 4) is 0 Å². The molecule has 2 heterocycles. The fraction of sp³-hybridized carbons (Fsp3) is 0.292. The summed E-state index contributed by atoms with van der Waals surface area (Å²) in [6.45, 7) is 3.37. The van der Waals surface area contributed by atoms with Crippen LogP contribution in [0.2, 0.25) is 0 Å². The molecule has 3 aromatic rings. The van der Waals surface area contributed by atoms with Gasteiger partial charge in [-0.2, -0.15) is 0 Å². The van der Waals surface area contributed by atoms with E-state index < -0.39 is 0 Å². The Kier molecular flexibility index (Phi) is 5.65. The van der Waals surface area contributed by atoms with Gasteiger partial charge in [0.2, 0.25) is 5.91 Å². The maximum Gasteiger partial charge on any atom is 0.254 e. The summed E-state index contributed by atoms with van der Waals surface area (Å²) in [4.78, 5) is 40.3. The minimum Gasteiger partial charge on any atom is -0.339 e. The SMILES string of the molecule is CCc1cccc(NC(=O)Cn2c(=O)cc(C(=O)N3CCCC3)c3ccccc32)c1. The molecule has 0 aliphatic carbocycles. The summed E-state index contributed by atoms with van der Waals surface area (Å²) >= 11 is 0. The van der Waals surface area contributed by atoms with Crippen molar-refractivity contribution in [2.45, 2.75) is 32.7 Å². The van der Waals surface area contributed by atoms with Crippen molar-refractivity contribution in [1.29, 1.82) is 0 Å². The molecule has 30 heavy (non-hydrogen) atoms. The Balaban J connectivity index is 1.65. The van der Waals surface area contributed by atoms with E-state index in [4.69, 9.17) is 0 Å². The molecule has 0 bridgehead atoms. The normalized spacial score (nSPS) is 13.6. The number of carbonyl (C=O) groups excluding carboxylic acids is 2. The van der Waals surface area contributed by atoms with Gasteiger partial charge in [0.1, 0.15) is 6.54 Å². The second kappa shape index (κ2) is 8.53. The van der Waals surface area contributed by atoms with Crippen LogP contribution in [0.5, 0.6) is 0 Å². The molecule has 1 aliphatic rings. The number of benzene rings is 2. The number of hydrogen-bond donors (Lipinski definition) is 1. The third-order valence-corrected chi connectivity index (χ3v) is 5.56. The Hall–Kier alpha value is -3.41. The standard InChI is InChI=1S/C24H25N3O3/c1-2-17-8-7-9-18(14-17)25-22(28)16-27-21-11-4-3-10-19(21)20(15-23(27)29)24(30)26-12-5-6-13-26/h3-4,7-11,14-15H,2,5-6,12-13,16H2,1H3,(H,25,28). The molecule has 0 saturated carbocycles. The molecule has 0 radical (unpaired) electrons. The van der Waals surface area contributed by atoms with E-state index in [0.29, 0.717) is 22.2 Å². The number of carbonyl (C=O) groups is 2. The summed E-state index contributed by atoms with van der Waals surface area (Å²) in [5.41, 5.74) is 2.47. The first-order valence-electron chi connectivity index (χ1n) is 10.4. The number of fused-ring (bicyclic) bond motifs is 1. The summed E-state index contributed by atoms with van der Waals surface area (Å²) in [5.74, 6) is -0.400. The highest BCUT2D eigenvalue weighted by Crippen LogP contribution is 2.21. The summed E-state index contributed by atoms with van der Waals surface area (Å²) in [6.07, 6.45) is 2.85. The average molecular weight is 403 g/mol. The van der Waals surface area contributed by atoms with Gasteiger partial charge in [-0.1, -0.05) is 37.3 Å². The first-order valence-corrected chi connectivity index (χ1v) is 10.4. The zero-order valence-corrected chi connectivity index (χ0v) is 17.1. The van der Waals surface area contributed by atoms with Crippen LogP contribution in [0.15, 0.2) is 59.4 Å². The number of amides is 2. The van der Waals surface area contributed by atoms with Gasteiger partial charge in [0.05, 0.1) is 11.1 Å². The molecule has 1 N–H and O–H groups in total. The molecule has 4 rings (SSSR count). The van der Waals surface area contributed by atoms with E-state index >= 15 is 0 Å². The molecule has 6 heteroatoms. The van der Waals surface area contributed by atoms with Gasteiger partial charge in [0, 0.05) is 30.2 Å². The van der Waals surface area contributed by atoms with Crippen molar-refractivity contribution in [1.82, 2.24) is 9.47 Å². The highest BCUT2D eigenvalue weighted by Gasteiger charge is 2.23. The Morgan fingerprint density at radius 3 is 2.53 bits per heavy atom. The van der Waals surface area contributed by atoms with Crippen LogP contribution < -0.4 is 10.9 Å². The van der Waals surface area contributed by atoms with E-state index in [2.05, 4.69) is 12.2 Å². The number of nitrogens with one attached hydrogen (secondary N) is 1. The van der Waals surface area contributed by atoms with Crippen molar-refractivity contribution in [2.75, 3.05) is 18.4 Å². The van der Waals surface area contributed by atoms with Crippen LogP contribution >= 0.6 is 0 Å². The van der Waals surface area contributed by atoms with Gasteiger partial charge in [-0.25, -0.2) is 0 Å². The smallest absolute Gasteiger partial charge is 0.254 e. The minimum atomic E-state index is -0.353. The Morgan fingerprint density at radius 2 is 1.77 bits per heavy atom. The van der Waals surface area contributed by atoms with Crippen LogP contribution in [0.25, 0.3) is 10.9 Å². The topological polar surface area (TPSA) is 71.4 Å². The lowest BCUT2D eigenvalue weighted by molar-refractivity contribution is -0.116. The number of pyridine rings is 1. The largest absolute Gasteiger partial charge is 0.339 e. The number of aromatic nitrogens is 1. The van der Waals surface area contributed by atoms with Gasteiger partial charge >= 0.3 is 0 Å². The van der Waals surface area contributed by atoms with Gasteiger partial charge in [-0.15, -0.1) is 0 Å². The van der Waals surface area contributed by atoms with Gasteiger partial charge in [0.25, 0.3) is 11.5 Å². The number of anilines is 1. The molecule has 6 nitrogen and oxygen atoms in total. The van der Waals surface area contributed by atoms with Crippen LogP contribution in [-0.2, 0) is 17.8 Å². The van der Waals surface area contributed by atoms with Crippen molar-refractivity contribution in [3.63, 3.8) is 0 Å². The zero-order chi connectivity index (χ0) is 21.1. The van der Waals surface area contributed by atoms with Crippen molar-refractivity contribution < 1.29 is 9.59 Å². The van der Waals surface area contributed by atoms with Crippen LogP contribution in [0, 0.1) is 0 Å². The predicted octanol–water partition coefficient (Wildman–Crippen LogP) is 3.44. The average Bonchev–Trinajstić information content (AvgIpc) is 3.30. The molecule has 2 aromatic carbocycles. The molecular formula is C24H25N3O3. The van der Waals surface area contributed by atoms with Gasteiger partial charge in [-0.05, 0) is 43.0 Å². The summed E-state index contributed by atoms with van der Waals surface area (Å²) in [5, 5.41) is 3.55. The lowest BCUT2D eigenvalue weighted by atomic mass is 10.1. The Morgan fingerprint density at radius 1 is 1.00 bits per heavy atom. The van der Waals surface area contributed by atoms with Gasteiger partial charge in [-0.3, -0.25) is 19.0 Å². The quantitative estimate of drug-likeness (QED) is 0.709. The summed E-state index contributed by atoms with van der Waals surface area (Å²) < 4.78 is 1.43. The predicted molar refractivity (Wildman–Crippen MR) is 118 cm³/mol. The first-order chi connectivity index (χ1) is 14.6. The molecular weight excluding hydrogens is 378 g/mol. The van der Waals surface area contributed by atoms with Crippen molar-refractivity contribution >= 4 is 28.4 Å². The van der Waals surface area contributed by atoms with Gasteiger partial charge < -0.3 is 10.2 Å². The van der Waals surface area contributed by atoms with Crippen LogP contribution in [0.3, 0.4) is 0 Å². The highest BCUT2D eigenvalue weighted by atomic mass is 16.2. The maximum atomic E-state index is 12.9. The Bertz CT molecular complexity index is 1160. The van der Waals surface area contributed by atoms with Crippen LogP contribution in [0.4, 0.5) is 5.69 Å². The Labute approximate surface area is 175 Å².